The van der Waals surface area contributed by atoms with E-state index >= 15 is 0 Å². The quantitative estimate of drug-likeness (QED) is 0.171. The third-order valence-electron chi connectivity index (χ3n) is 7.09. The zero-order valence-electron chi connectivity index (χ0n) is 27.6. The molecular weight excluding hydrogens is 556 g/mol. The van der Waals surface area contributed by atoms with E-state index in [0.29, 0.717) is 17.2 Å². The summed E-state index contributed by atoms with van der Waals surface area (Å²) in [5.74, 6) is -0.371. The molecule has 0 spiro atoms. The van der Waals surface area contributed by atoms with Gasteiger partial charge >= 0.3 is 0 Å². The Morgan fingerprint density at radius 1 is 0.886 bits per heavy atom. The van der Waals surface area contributed by atoms with Gasteiger partial charge in [-0.3, -0.25) is 9.59 Å². The van der Waals surface area contributed by atoms with Gasteiger partial charge in [0.2, 0.25) is 0 Å². The first-order valence-electron chi connectivity index (χ1n) is 15.4. The number of carbonyl (C=O) groups is 2. The molecule has 3 rings (SSSR count). The van der Waals surface area contributed by atoms with Crippen molar-refractivity contribution in [3.05, 3.63) is 65.2 Å². The highest BCUT2D eigenvalue weighted by atomic mass is 16.5. The van der Waals surface area contributed by atoms with Crippen LogP contribution >= 0.6 is 0 Å². The Morgan fingerprint density at radius 2 is 1.55 bits per heavy atom. The second-order valence-corrected chi connectivity index (χ2v) is 13.9. The highest BCUT2D eigenvalue weighted by Crippen LogP contribution is 2.37. The van der Waals surface area contributed by atoms with E-state index in [4.69, 9.17) is 19.9 Å². The summed E-state index contributed by atoms with van der Waals surface area (Å²) in [6, 6.07) is 14.8. The van der Waals surface area contributed by atoms with Gasteiger partial charge in [-0.25, -0.2) is 0 Å². The molecule has 0 aromatic heterocycles. The fourth-order valence-electron chi connectivity index (χ4n) is 5.21. The van der Waals surface area contributed by atoms with Gasteiger partial charge in [-0.05, 0) is 46.9 Å². The molecule has 3 aromatic carbocycles. The Balaban J connectivity index is 1.96. The van der Waals surface area contributed by atoms with Crippen molar-refractivity contribution in [2.45, 2.75) is 92.9 Å². The first kappa shape index (κ1) is 34.7. The molecule has 240 valence electrons. The maximum absolute atomic E-state index is 13.7. The number of nitrogens with one attached hydrogen (secondary N) is 1. The van der Waals surface area contributed by atoms with Crippen LogP contribution in [0.15, 0.2) is 48.5 Å². The van der Waals surface area contributed by atoms with E-state index in [1.807, 2.05) is 13.0 Å². The van der Waals surface area contributed by atoms with Crippen LogP contribution in [-0.2, 0) is 22.4 Å². The van der Waals surface area contributed by atoms with E-state index in [1.54, 1.807) is 24.3 Å². The first-order chi connectivity index (χ1) is 20.6. The third kappa shape index (κ3) is 9.88. The minimum Gasteiger partial charge on any atom is -0.506 e. The van der Waals surface area contributed by atoms with Crippen LogP contribution in [0.4, 0.5) is 0 Å². The molecule has 0 aliphatic rings. The molecule has 0 bridgehead atoms. The summed E-state index contributed by atoms with van der Waals surface area (Å²) in [4.78, 5) is 25.9. The van der Waals surface area contributed by atoms with Gasteiger partial charge in [-0.15, -0.1) is 0 Å². The van der Waals surface area contributed by atoms with Crippen molar-refractivity contribution >= 4 is 22.6 Å². The molecule has 0 aliphatic heterocycles. The standard InChI is InChI=1S/C36H50N2O6/c1-9-12-31(44-28-16-15-23(21-35(2,3)4)19-24(28)22-36(5,6)7)38-34(41)27-20-30(43-29(33(37)40)17-18-42-8)25-13-10-11-14-26(25)32(27)39/h10-11,13-16,19-20,29,31,39H,9,12,17-18,21-22H2,1-8H3,(H2,37,40)(H,38,41). The number of phenols is 1. The summed E-state index contributed by atoms with van der Waals surface area (Å²) < 4.78 is 17.6. The molecule has 0 heterocycles. The number of methoxy groups -OCH3 is 1. The SMILES string of the molecule is CCCC(NC(=O)c1cc(OC(CCOC)C(N)=O)c2ccccc2c1O)Oc1ccc(CC(C)(C)C)cc1CC(C)(C)C. The van der Waals surface area contributed by atoms with Crippen LogP contribution in [0.1, 0.15) is 89.2 Å². The Hall–Kier alpha value is -3.78. The Kier molecular flexibility index (Phi) is 11.7. The van der Waals surface area contributed by atoms with E-state index in [1.165, 1.54) is 18.7 Å². The topological polar surface area (TPSA) is 120 Å². The maximum atomic E-state index is 13.7. The Morgan fingerprint density at radius 3 is 2.14 bits per heavy atom. The lowest BCUT2D eigenvalue weighted by Gasteiger charge is -2.26. The Labute approximate surface area is 262 Å². The molecule has 2 amide bonds. The van der Waals surface area contributed by atoms with Crippen molar-refractivity contribution < 1.29 is 28.9 Å². The zero-order valence-corrected chi connectivity index (χ0v) is 27.6. The number of benzene rings is 3. The second-order valence-electron chi connectivity index (χ2n) is 13.9. The molecule has 8 nitrogen and oxygen atoms in total. The van der Waals surface area contributed by atoms with Crippen molar-refractivity contribution in [1.29, 1.82) is 0 Å². The molecule has 0 saturated heterocycles. The second kappa shape index (κ2) is 14.8. The van der Waals surface area contributed by atoms with Crippen LogP contribution in [0.25, 0.3) is 10.8 Å². The lowest BCUT2D eigenvalue weighted by Crippen LogP contribution is -2.39. The van der Waals surface area contributed by atoms with E-state index in [-0.39, 0.29) is 40.9 Å². The maximum Gasteiger partial charge on any atom is 0.258 e. The number of nitrogens with two attached hydrogens (primary N) is 1. The number of phenolic OH excluding ortho intramolecular Hbond substituents is 1. The van der Waals surface area contributed by atoms with Crippen LogP contribution < -0.4 is 20.5 Å². The van der Waals surface area contributed by atoms with Gasteiger partial charge < -0.3 is 30.4 Å². The van der Waals surface area contributed by atoms with Crippen molar-refractivity contribution in [2.24, 2.45) is 16.6 Å². The van der Waals surface area contributed by atoms with E-state index < -0.39 is 24.1 Å². The predicted octanol–water partition coefficient (Wildman–Crippen LogP) is 6.93. The molecule has 44 heavy (non-hydrogen) atoms. The molecule has 0 radical (unpaired) electrons. The van der Waals surface area contributed by atoms with Crippen LogP contribution in [0.2, 0.25) is 0 Å². The zero-order chi connectivity index (χ0) is 32.7. The molecule has 3 aromatic rings. The average Bonchev–Trinajstić information content (AvgIpc) is 2.91. The molecule has 4 N–H and O–H groups in total. The van der Waals surface area contributed by atoms with Crippen LogP contribution in [-0.4, -0.2) is 43.0 Å². The number of amides is 2. The molecular formula is C36H50N2O6. The summed E-state index contributed by atoms with van der Waals surface area (Å²) in [5.41, 5.74) is 8.11. The Bertz CT molecular complexity index is 1440. The van der Waals surface area contributed by atoms with Gasteiger partial charge in [0.25, 0.3) is 11.8 Å². The molecule has 0 saturated carbocycles. The summed E-state index contributed by atoms with van der Waals surface area (Å²) in [6.45, 7) is 15.5. The summed E-state index contributed by atoms with van der Waals surface area (Å²) in [6.07, 6.45) is 1.69. The normalized spacial score (nSPS) is 13.4. The predicted molar refractivity (Wildman–Crippen MR) is 175 cm³/mol. The van der Waals surface area contributed by atoms with Gasteiger partial charge in [0.1, 0.15) is 17.2 Å². The lowest BCUT2D eigenvalue weighted by molar-refractivity contribution is -0.125. The monoisotopic (exact) mass is 606 g/mol. The van der Waals surface area contributed by atoms with Crippen LogP contribution in [0.5, 0.6) is 17.2 Å². The first-order valence-corrected chi connectivity index (χ1v) is 15.4. The number of primary amides is 1. The number of carbonyl (C=O) groups excluding carboxylic acids is 2. The molecule has 0 aliphatic carbocycles. The summed E-state index contributed by atoms with van der Waals surface area (Å²) in [5, 5.41) is 15.1. The van der Waals surface area contributed by atoms with E-state index in [0.717, 1.165) is 30.6 Å². The fourth-order valence-corrected chi connectivity index (χ4v) is 5.21. The number of hydrogen-bond acceptors (Lipinski definition) is 6. The summed E-state index contributed by atoms with van der Waals surface area (Å²) in [7, 11) is 1.53. The molecule has 2 atom stereocenters. The van der Waals surface area contributed by atoms with Gasteiger partial charge in [0.15, 0.2) is 12.3 Å². The van der Waals surface area contributed by atoms with Gasteiger partial charge in [-0.2, -0.15) is 0 Å². The lowest BCUT2D eigenvalue weighted by atomic mass is 9.84. The smallest absolute Gasteiger partial charge is 0.258 e. The van der Waals surface area contributed by atoms with Crippen molar-refractivity contribution in [1.82, 2.24) is 5.32 Å². The van der Waals surface area contributed by atoms with Crippen molar-refractivity contribution in [2.75, 3.05) is 13.7 Å². The molecule has 8 heteroatoms. The fraction of sp³-hybridized carbons (Fsp3) is 0.500. The van der Waals surface area contributed by atoms with E-state index in [2.05, 4.69) is 59.0 Å². The minimum absolute atomic E-state index is 0.00815. The van der Waals surface area contributed by atoms with Gasteiger partial charge in [0.05, 0.1) is 12.2 Å². The van der Waals surface area contributed by atoms with Crippen molar-refractivity contribution in [3.63, 3.8) is 0 Å². The number of hydrogen-bond donors (Lipinski definition) is 3. The number of ether oxygens (including phenoxy) is 3. The third-order valence-corrected chi connectivity index (χ3v) is 7.09. The molecule has 0 fully saturated rings. The highest BCUT2D eigenvalue weighted by Gasteiger charge is 2.25. The summed E-state index contributed by atoms with van der Waals surface area (Å²) >= 11 is 0. The molecule has 2 unspecified atom stereocenters. The largest absolute Gasteiger partial charge is 0.506 e. The number of aromatic hydroxyl groups is 1. The number of fused-ring (bicyclic) bond motifs is 1. The van der Waals surface area contributed by atoms with Crippen molar-refractivity contribution in [3.8, 4) is 17.2 Å². The number of rotatable bonds is 14. The minimum atomic E-state index is -0.975. The van der Waals surface area contributed by atoms with Gasteiger partial charge in [0, 0.05) is 30.7 Å². The average molecular weight is 607 g/mol. The highest BCUT2D eigenvalue weighted by molar-refractivity contribution is 6.06. The van der Waals surface area contributed by atoms with Crippen LogP contribution in [0, 0.1) is 10.8 Å². The van der Waals surface area contributed by atoms with Gasteiger partial charge in [-0.1, -0.05) is 91.3 Å². The van der Waals surface area contributed by atoms with E-state index in [9.17, 15) is 14.7 Å². The van der Waals surface area contributed by atoms with Crippen LogP contribution in [0.3, 0.4) is 0 Å².